The van der Waals surface area contributed by atoms with Crippen molar-refractivity contribution >= 4 is 18.1 Å². The molecule has 0 aliphatic heterocycles. The molecule has 0 saturated heterocycles. The number of ether oxygens (including phenoxy) is 1. The lowest BCUT2D eigenvalue weighted by atomic mass is 9.79. The molecule has 0 aromatic rings. The number of nitrogens with two attached hydrogens (primary N) is 1. The summed E-state index contributed by atoms with van der Waals surface area (Å²) in [5.74, 6) is -1.22. The number of nitrogens with one attached hydrogen (secondary N) is 2. The molecule has 5 N–H and O–H groups in total. The van der Waals surface area contributed by atoms with E-state index >= 15 is 0 Å². The van der Waals surface area contributed by atoms with Crippen molar-refractivity contribution in [3.05, 3.63) is 0 Å². The first-order valence-electron chi connectivity index (χ1n) is 6.67. The molecule has 1 fully saturated rings. The van der Waals surface area contributed by atoms with Crippen LogP contribution in [0.2, 0.25) is 0 Å². The van der Waals surface area contributed by atoms with Gasteiger partial charge in [0.15, 0.2) is 0 Å². The van der Waals surface area contributed by atoms with Gasteiger partial charge in [-0.25, -0.2) is 9.59 Å². The van der Waals surface area contributed by atoms with Crippen molar-refractivity contribution in [1.29, 1.82) is 0 Å². The first-order valence-corrected chi connectivity index (χ1v) is 6.67. The molecule has 3 amide bonds. The molecule has 1 saturated carbocycles. The van der Waals surface area contributed by atoms with Gasteiger partial charge in [0.2, 0.25) is 0 Å². The number of aliphatic carboxylic acids is 1. The molecule has 2 unspecified atom stereocenters. The van der Waals surface area contributed by atoms with Crippen molar-refractivity contribution in [2.24, 2.45) is 17.6 Å². The maximum absolute atomic E-state index is 11.5. The molecule has 114 valence electrons. The summed E-state index contributed by atoms with van der Waals surface area (Å²) >= 11 is 0. The van der Waals surface area contributed by atoms with Gasteiger partial charge in [-0.2, -0.15) is 0 Å². The Hall–Kier alpha value is -1.99. The maximum atomic E-state index is 11.5. The monoisotopic (exact) mass is 287 g/mol. The van der Waals surface area contributed by atoms with Crippen LogP contribution in [0.3, 0.4) is 0 Å². The Morgan fingerprint density at radius 3 is 2.55 bits per heavy atom. The van der Waals surface area contributed by atoms with Crippen LogP contribution in [0.5, 0.6) is 0 Å². The molecule has 0 spiro atoms. The van der Waals surface area contributed by atoms with Gasteiger partial charge in [0.05, 0.1) is 12.5 Å². The van der Waals surface area contributed by atoms with Gasteiger partial charge in [0, 0.05) is 6.54 Å². The molecule has 0 bridgehead atoms. The van der Waals surface area contributed by atoms with Crippen LogP contribution in [0, 0.1) is 11.8 Å². The zero-order chi connectivity index (χ0) is 15.0. The summed E-state index contributed by atoms with van der Waals surface area (Å²) in [5.41, 5.74) is 4.76. The molecule has 1 rings (SSSR count). The highest BCUT2D eigenvalue weighted by Crippen LogP contribution is 2.29. The number of carbonyl (C=O) groups is 3. The molecular weight excluding hydrogens is 266 g/mol. The third-order valence-electron chi connectivity index (χ3n) is 3.38. The van der Waals surface area contributed by atoms with E-state index in [9.17, 15) is 14.4 Å². The molecule has 0 radical (unpaired) electrons. The molecule has 8 nitrogen and oxygen atoms in total. The summed E-state index contributed by atoms with van der Waals surface area (Å²) in [6.07, 6.45) is 2.49. The lowest BCUT2D eigenvalue weighted by Crippen LogP contribution is -2.42. The minimum absolute atomic E-state index is 0.00390. The number of carboxylic acid groups (broad SMARTS) is 1. The normalized spacial score (nSPS) is 21.8. The summed E-state index contributed by atoms with van der Waals surface area (Å²) in [6, 6.07) is -0.409. The summed E-state index contributed by atoms with van der Waals surface area (Å²) in [6.45, 7) is 0.491. The fourth-order valence-electron chi connectivity index (χ4n) is 2.38. The SMILES string of the molecule is NC(=O)OCCNC(=O)NCC1CCCCC1C(=O)O. The predicted octanol–water partition coefficient (Wildman–Crippen LogP) is 0.272. The summed E-state index contributed by atoms with van der Waals surface area (Å²) < 4.78 is 4.45. The van der Waals surface area contributed by atoms with Crippen LogP contribution in [0.15, 0.2) is 0 Å². The van der Waals surface area contributed by atoms with Gasteiger partial charge in [0.25, 0.3) is 0 Å². The van der Waals surface area contributed by atoms with E-state index in [1.165, 1.54) is 0 Å². The number of carboxylic acids is 1. The van der Waals surface area contributed by atoms with Crippen molar-refractivity contribution in [2.45, 2.75) is 25.7 Å². The summed E-state index contributed by atoms with van der Waals surface area (Å²) in [7, 11) is 0. The fourth-order valence-corrected chi connectivity index (χ4v) is 2.38. The molecule has 0 heterocycles. The Labute approximate surface area is 117 Å². The van der Waals surface area contributed by atoms with Crippen LogP contribution < -0.4 is 16.4 Å². The number of primary amides is 1. The van der Waals surface area contributed by atoms with Gasteiger partial charge in [-0.05, 0) is 18.8 Å². The highest BCUT2D eigenvalue weighted by Gasteiger charge is 2.30. The summed E-state index contributed by atoms with van der Waals surface area (Å²) in [4.78, 5) is 32.9. The topological polar surface area (TPSA) is 131 Å². The molecule has 1 aliphatic rings. The van der Waals surface area contributed by atoms with Gasteiger partial charge in [-0.1, -0.05) is 12.8 Å². The number of amides is 3. The van der Waals surface area contributed by atoms with Gasteiger partial charge < -0.3 is 26.2 Å². The second kappa shape index (κ2) is 8.23. The number of carbonyl (C=O) groups excluding carboxylic acids is 2. The zero-order valence-corrected chi connectivity index (χ0v) is 11.3. The molecule has 8 heteroatoms. The summed E-state index contributed by atoms with van der Waals surface area (Å²) in [5, 5.41) is 14.2. The average Bonchev–Trinajstić information content (AvgIpc) is 2.41. The lowest BCUT2D eigenvalue weighted by molar-refractivity contribution is -0.144. The minimum Gasteiger partial charge on any atom is -0.481 e. The lowest BCUT2D eigenvalue weighted by Gasteiger charge is -2.28. The van der Waals surface area contributed by atoms with Crippen molar-refractivity contribution < 1.29 is 24.2 Å². The minimum atomic E-state index is -0.890. The van der Waals surface area contributed by atoms with Crippen LogP contribution >= 0.6 is 0 Å². The molecule has 0 aromatic carbocycles. The zero-order valence-electron chi connectivity index (χ0n) is 11.3. The number of hydrogen-bond donors (Lipinski definition) is 4. The number of rotatable bonds is 6. The standard InChI is InChI=1S/C12H21N3O5/c13-11(18)20-6-5-14-12(19)15-7-8-3-1-2-4-9(8)10(16)17/h8-9H,1-7H2,(H2,13,18)(H,16,17)(H2,14,15,19). The highest BCUT2D eigenvalue weighted by atomic mass is 16.5. The Bertz CT molecular complexity index is 361. The van der Waals surface area contributed by atoms with Crippen LogP contribution in [-0.2, 0) is 9.53 Å². The van der Waals surface area contributed by atoms with Gasteiger partial charge in [-0.3, -0.25) is 4.79 Å². The van der Waals surface area contributed by atoms with Crippen LogP contribution in [0.25, 0.3) is 0 Å². The third-order valence-corrected chi connectivity index (χ3v) is 3.38. The van der Waals surface area contributed by atoms with Gasteiger partial charge in [0.1, 0.15) is 6.61 Å². The van der Waals surface area contributed by atoms with Crippen LogP contribution in [0.4, 0.5) is 9.59 Å². The first kappa shape index (κ1) is 16.1. The van der Waals surface area contributed by atoms with Gasteiger partial charge >= 0.3 is 18.1 Å². The Balaban J connectivity index is 2.22. The van der Waals surface area contributed by atoms with E-state index in [1.54, 1.807) is 0 Å². The van der Waals surface area contributed by atoms with Gasteiger partial charge in [-0.15, -0.1) is 0 Å². The van der Waals surface area contributed by atoms with E-state index in [2.05, 4.69) is 15.4 Å². The van der Waals surface area contributed by atoms with Crippen LogP contribution in [-0.4, -0.2) is 42.9 Å². The smallest absolute Gasteiger partial charge is 0.404 e. The number of urea groups is 1. The van der Waals surface area contributed by atoms with E-state index in [4.69, 9.17) is 10.8 Å². The van der Waals surface area contributed by atoms with E-state index < -0.39 is 18.1 Å². The van der Waals surface area contributed by atoms with Crippen LogP contribution in [0.1, 0.15) is 25.7 Å². The van der Waals surface area contributed by atoms with Crippen molar-refractivity contribution in [3.63, 3.8) is 0 Å². The molecular formula is C12H21N3O5. The predicted molar refractivity (Wildman–Crippen MR) is 70.0 cm³/mol. The maximum Gasteiger partial charge on any atom is 0.404 e. The van der Waals surface area contributed by atoms with E-state index in [1.807, 2.05) is 0 Å². The van der Waals surface area contributed by atoms with E-state index in [0.29, 0.717) is 13.0 Å². The van der Waals surface area contributed by atoms with E-state index in [0.717, 1.165) is 19.3 Å². The third kappa shape index (κ3) is 5.77. The highest BCUT2D eigenvalue weighted by molar-refractivity contribution is 5.74. The molecule has 1 aliphatic carbocycles. The Morgan fingerprint density at radius 2 is 1.90 bits per heavy atom. The molecule has 0 aromatic heterocycles. The van der Waals surface area contributed by atoms with Crippen molar-refractivity contribution in [1.82, 2.24) is 10.6 Å². The quantitative estimate of drug-likeness (QED) is 0.521. The number of hydrogen-bond acceptors (Lipinski definition) is 4. The Morgan fingerprint density at radius 1 is 1.20 bits per heavy atom. The van der Waals surface area contributed by atoms with E-state index in [-0.39, 0.29) is 25.0 Å². The fraction of sp³-hybridized carbons (Fsp3) is 0.750. The Kier molecular flexibility index (Phi) is 6.61. The van der Waals surface area contributed by atoms with Crippen molar-refractivity contribution in [2.75, 3.05) is 19.7 Å². The molecule has 20 heavy (non-hydrogen) atoms. The second-order valence-electron chi connectivity index (χ2n) is 4.79. The van der Waals surface area contributed by atoms with Crippen molar-refractivity contribution in [3.8, 4) is 0 Å². The second-order valence-corrected chi connectivity index (χ2v) is 4.79. The largest absolute Gasteiger partial charge is 0.481 e. The molecule has 2 atom stereocenters. The first-order chi connectivity index (χ1) is 9.50. The average molecular weight is 287 g/mol.